The molecule has 7 nitrogen and oxygen atoms in total. The highest BCUT2D eigenvalue weighted by molar-refractivity contribution is 7.10. The first-order valence-corrected chi connectivity index (χ1v) is 14.9. The van der Waals surface area contributed by atoms with E-state index in [0.29, 0.717) is 24.6 Å². The molecule has 2 aliphatic rings. The first-order valence-electron chi connectivity index (χ1n) is 14.1. The van der Waals surface area contributed by atoms with Crippen molar-refractivity contribution in [3.8, 4) is 11.3 Å². The molecule has 1 fully saturated rings. The monoisotopic (exact) mass is 548 g/mol. The number of carbonyl (C=O) groups is 2. The molecule has 3 aromatic rings. The second kappa shape index (κ2) is 10.6. The van der Waals surface area contributed by atoms with E-state index in [0.717, 1.165) is 37.3 Å². The first-order chi connectivity index (χ1) is 18.4. The molecule has 0 saturated carbocycles. The Labute approximate surface area is 235 Å². The van der Waals surface area contributed by atoms with Crippen molar-refractivity contribution in [1.29, 1.82) is 0 Å². The van der Waals surface area contributed by atoms with Crippen LogP contribution in [0.25, 0.3) is 11.3 Å². The SMILES string of the molecule is Cc1cc(CCC(=O)O)nn1C(=O)CN1CCC(c2nc(-c3ccc4c(c3)C(C)(C)CCC4(C)C)cs2)CC1. The van der Waals surface area contributed by atoms with Gasteiger partial charge in [-0.15, -0.1) is 11.3 Å². The van der Waals surface area contributed by atoms with E-state index in [4.69, 9.17) is 10.1 Å². The number of thiazole rings is 1. The van der Waals surface area contributed by atoms with Gasteiger partial charge in [-0.2, -0.15) is 5.10 Å². The highest BCUT2D eigenvalue weighted by Gasteiger charge is 2.37. The number of hydrogen-bond acceptors (Lipinski definition) is 6. The van der Waals surface area contributed by atoms with E-state index in [1.54, 1.807) is 17.4 Å². The predicted molar refractivity (Wildman–Crippen MR) is 155 cm³/mol. The second-order valence-electron chi connectivity index (χ2n) is 12.6. The molecule has 0 radical (unpaired) electrons. The topological polar surface area (TPSA) is 88.3 Å². The maximum Gasteiger partial charge on any atom is 0.303 e. The van der Waals surface area contributed by atoms with Gasteiger partial charge in [0.25, 0.3) is 5.91 Å². The number of aliphatic carboxylic acids is 1. The highest BCUT2D eigenvalue weighted by Crippen LogP contribution is 2.47. The molecule has 0 unspecified atom stereocenters. The normalized spacial score (nSPS) is 19.1. The minimum Gasteiger partial charge on any atom is -0.481 e. The number of carboxylic acid groups (broad SMARTS) is 1. The molecule has 0 atom stereocenters. The van der Waals surface area contributed by atoms with E-state index in [1.807, 2.05) is 6.92 Å². The Balaban J connectivity index is 1.21. The van der Waals surface area contributed by atoms with Gasteiger partial charge in [0.2, 0.25) is 0 Å². The number of hydrogen-bond donors (Lipinski definition) is 1. The van der Waals surface area contributed by atoms with Crippen LogP contribution in [-0.2, 0) is 22.0 Å². The number of fused-ring (bicyclic) bond motifs is 1. The van der Waals surface area contributed by atoms with Crippen LogP contribution in [0.3, 0.4) is 0 Å². The van der Waals surface area contributed by atoms with Crippen LogP contribution in [0.1, 0.15) is 98.0 Å². The zero-order valence-corrected chi connectivity index (χ0v) is 24.6. The average molecular weight is 549 g/mol. The van der Waals surface area contributed by atoms with Crippen LogP contribution in [0.5, 0.6) is 0 Å². The van der Waals surface area contributed by atoms with Gasteiger partial charge in [-0.05, 0) is 79.8 Å². The van der Waals surface area contributed by atoms with Gasteiger partial charge in [0.1, 0.15) is 0 Å². The minimum absolute atomic E-state index is 0.0132. The third kappa shape index (κ3) is 5.87. The van der Waals surface area contributed by atoms with E-state index in [2.05, 4.69) is 61.3 Å². The van der Waals surface area contributed by atoms with Crippen LogP contribution >= 0.6 is 11.3 Å². The van der Waals surface area contributed by atoms with Crippen molar-refractivity contribution in [3.63, 3.8) is 0 Å². The Morgan fingerprint density at radius 3 is 2.44 bits per heavy atom. The van der Waals surface area contributed by atoms with Gasteiger partial charge < -0.3 is 5.11 Å². The summed E-state index contributed by atoms with van der Waals surface area (Å²) in [5.41, 5.74) is 7.01. The van der Waals surface area contributed by atoms with Crippen LogP contribution < -0.4 is 0 Å². The molecule has 0 bridgehead atoms. The summed E-state index contributed by atoms with van der Waals surface area (Å²) in [6.45, 7) is 13.3. The number of carboxylic acids is 1. The first kappa shape index (κ1) is 27.7. The van der Waals surface area contributed by atoms with Crippen molar-refractivity contribution in [1.82, 2.24) is 19.7 Å². The van der Waals surface area contributed by atoms with Gasteiger partial charge in [-0.3, -0.25) is 14.5 Å². The number of likely N-dealkylation sites (tertiary alicyclic amines) is 1. The summed E-state index contributed by atoms with van der Waals surface area (Å²) in [4.78, 5) is 31.1. The molecule has 3 heterocycles. The summed E-state index contributed by atoms with van der Waals surface area (Å²) < 4.78 is 1.43. The van der Waals surface area contributed by atoms with E-state index >= 15 is 0 Å². The third-order valence-electron chi connectivity index (χ3n) is 8.74. The molecule has 1 N–H and O–H groups in total. The van der Waals surface area contributed by atoms with Gasteiger partial charge in [-0.1, -0.05) is 39.8 Å². The van der Waals surface area contributed by atoms with Crippen LogP contribution in [0.2, 0.25) is 0 Å². The fraction of sp³-hybridized carbons (Fsp3) is 0.548. The molecule has 1 aliphatic heterocycles. The van der Waals surface area contributed by atoms with Crippen LogP contribution in [0, 0.1) is 6.92 Å². The minimum atomic E-state index is -0.862. The van der Waals surface area contributed by atoms with Crippen LogP contribution in [0.15, 0.2) is 29.6 Å². The Morgan fingerprint density at radius 1 is 1.05 bits per heavy atom. The van der Waals surface area contributed by atoms with Crippen molar-refractivity contribution >= 4 is 23.2 Å². The van der Waals surface area contributed by atoms with Gasteiger partial charge >= 0.3 is 5.97 Å². The Bertz CT molecular complexity index is 1380. The predicted octanol–water partition coefficient (Wildman–Crippen LogP) is 6.20. The molecule has 1 aliphatic carbocycles. The van der Waals surface area contributed by atoms with Gasteiger partial charge in [0, 0.05) is 29.0 Å². The number of carbonyl (C=O) groups excluding carboxylic acids is 1. The summed E-state index contributed by atoms with van der Waals surface area (Å²) in [6.07, 6.45) is 4.72. The van der Waals surface area contributed by atoms with Gasteiger partial charge in [-0.25, -0.2) is 9.67 Å². The fourth-order valence-electron chi connectivity index (χ4n) is 6.10. The average Bonchev–Trinajstić information content (AvgIpc) is 3.53. The van der Waals surface area contributed by atoms with E-state index in [1.165, 1.54) is 39.2 Å². The fourth-order valence-corrected chi connectivity index (χ4v) is 7.10. The molecule has 1 saturated heterocycles. The zero-order chi connectivity index (χ0) is 27.9. The van der Waals surface area contributed by atoms with E-state index in [9.17, 15) is 9.59 Å². The molecular formula is C31H40N4O3S. The largest absolute Gasteiger partial charge is 0.481 e. The molecule has 39 heavy (non-hydrogen) atoms. The molecule has 2 aromatic heterocycles. The molecule has 208 valence electrons. The van der Waals surface area contributed by atoms with Crippen LogP contribution in [-0.4, -0.2) is 56.3 Å². The van der Waals surface area contributed by atoms with Gasteiger partial charge in [0.05, 0.1) is 29.4 Å². The number of piperidine rings is 1. The third-order valence-corrected chi connectivity index (χ3v) is 9.74. The lowest BCUT2D eigenvalue weighted by Crippen LogP contribution is -2.38. The molecule has 8 heteroatoms. The van der Waals surface area contributed by atoms with Crippen molar-refractivity contribution in [3.05, 3.63) is 57.2 Å². The quantitative estimate of drug-likeness (QED) is 0.378. The lowest BCUT2D eigenvalue weighted by Gasteiger charge is -2.42. The Morgan fingerprint density at radius 2 is 1.74 bits per heavy atom. The smallest absolute Gasteiger partial charge is 0.303 e. The summed E-state index contributed by atoms with van der Waals surface area (Å²) >= 11 is 1.76. The summed E-state index contributed by atoms with van der Waals surface area (Å²) in [7, 11) is 0. The number of aromatic nitrogens is 3. The lowest BCUT2D eigenvalue weighted by atomic mass is 9.63. The maximum atomic E-state index is 12.9. The number of rotatable bonds is 7. The van der Waals surface area contributed by atoms with Crippen molar-refractivity contribution in [2.24, 2.45) is 0 Å². The number of aryl methyl sites for hydroxylation is 2. The molecule has 1 aromatic carbocycles. The molecule has 5 rings (SSSR count). The molecule has 0 amide bonds. The molecule has 0 spiro atoms. The molecular weight excluding hydrogens is 508 g/mol. The summed E-state index contributed by atoms with van der Waals surface area (Å²) in [5, 5.41) is 16.7. The Kier molecular flexibility index (Phi) is 7.55. The maximum absolute atomic E-state index is 12.9. The highest BCUT2D eigenvalue weighted by atomic mass is 32.1. The van der Waals surface area contributed by atoms with Crippen molar-refractivity contribution in [2.75, 3.05) is 19.6 Å². The van der Waals surface area contributed by atoms with E-state index < -0.39 is 5.97 Å². The number of benzene rings is 1. The summed E-state index contributed by atoms with van der Waals surface area (Å²) in [6, 6.07) is 8.76. The van der Waals surface area contributed by atoms with Crippen LogP contribution in [0.4, 0.5) is 0 Å². The van der Waals surface area contributed by atoms with Crippen molar-refractivity contribution in [2.45, 2.75) is 89.9 Å². The summed E-state index contributed by atoms with van der Waals surface area (Å²) in [5.74, 6) is -0.515. The zero-order valence-electron chi connectivity index (χ0n) is 23.8. The van der Waals surface area contributed by atoms with Crippen molar-refractivity contribution < 1.29 is 14.7 Å². The second-order valence-corrected chi connectivity index (χ2v) is 13.5. The lowest BCUT2D eigenvalue weighted by molar-refractivity contribution is -0.136. The Hall–Kier alpha value is -2.84. The van der Waals surface area contributed by atoms with Gasteiger partial charge in [0.15, 0.2) is 0 Å². The van der Waals surface area contributed by atoms with E-state index in [-0.39, 0.29) is 23.2 Å². The standard InChI is InChI=1S/C31H40N4O3S/c1-20-16-23(7-9-28(37)38)33-35(20)27(36)18-34-14-10-21(11-15-34)29-32-26(19-39-29)22-6-8-24-25(17-22)31(4,5)13-12-30(24,2)3/h6,8,16-17,19,21H,7,9-15,18H2,1-5H3,(H,37,38). The number of nitrogens with zero attached hydrogens (tertiary/aromatic N) is 4.